The number of nitrogens with two attached hydrogens (primary N) is 1. The summed E-state index contributed by atoms with van der Waals surface area (Å²) in [7, 11) is 0. The molecule has 0 radical (unpaired) electrons. The first-order valence-electron chi connectivity index (χ1n) is 7.80. The molecule has 1 atom stereocenters. The van der Waals surface area contributed by atoms with Crippen LogP contribution in [0, 0.1) is 0 Å². The van der Waals surface area contributed by atoms with E-state index in [0.717, 1.165) is 48.6 Å². The molecule has 1 fully saturated rings. The summed E-state index contributed by atoms with van der Waals surface area (Å²) in [6.45, 7) is 1.57. The zero-order valence-corrected chi connectivity index (χ0v) is 12.3. The van der Waals surface area contributed by atoms with Gasteiger partial charge in [-0.05, 0) is 49.1 Å². The number of rotatable bonds is 4. The Labute approximate surface area is 125 Å². The Morgan fingerprint density at radius 3 is 2.86 bits per heavy atom. The first-order chi connectivity index (χ1) is 10.3. The number of likely N-dealkylation sites (tertiary alicyclic amines) is 1. The van der Waals surface area contributed by atoms with Gasteiger partial charge < -0.3 is 10.6 Å². The van der Waals surface area contributed by atoms with Crippen LogP contribution in [0.15, 0.2) is 42.5 Å². The minimum Gasteiger partial charge on any atom is -0.336 e. The van der Waals surface area contributed by atoms with Crippen molar-refractivity contribution >= 4 is 16.7 Å². The lowest BCUT2D eigenvalue weighted by Crippen LogP contribution is -2.35. The lowest BCUT2D eigenvalue weighted by Gasteiger charge is -2.25. The van der Waals surface area contributed by atoms with Gasteiger partial charge in [-0.3, -0.25) is 4.79 Å². The molecule has 0 spiro atoms. The number of carbonyl (C=O) groups excluding carboxylic acids is 1. The number of nitrogens with zero attached hydrogens (tertiary/aromatic N) is 1. The fourth-order valence-corrected chi connectivity index (χ4v) is 3.32. The molecule has 21 heavy (non-hydrogen) atoms. The van der Waals surface area contributed by atoms with Crippen molar-refractivity contribution in [3.63, 3.8) is 0 Å². The zero-order chi connectivity index (χ0) is 14.7. The van der Waals surface area contributed by atoms with E-state index in [0.29, 0.717) is 12.6 Å². The lowest BCUT2D eigenvalue weighted by molar-refractivity contribution is 0.0731. The molecule has 1 aliphatic rings. The molecule has 1 unspecified atom stereocenters. The minimum atomic E-state index is 0.173. The number of carbonyl (C=O) groups is 1. The summed E-state index contributed by atoms with van der Waals surface area (Å²) < 4.78 is 0. The number of benzene rings is 2. The molecule has 0 aliphatic carbocycles. The highest BCUT2D eigenvalue weighted by Gasteiger charge is 2.29. The summed E-state index contributed by atoms with van der Waals surface area (Å²) in [5.74, 6) is 0.173. The third-order valence-electron chi connectivity index (χ3n) is 4.40. The van der Waals surface area contributed by atoms with Crippen LogP contribution >= 0.6 is 0 Å². The molecule has 2 aromatic carbocycles. The average molecular weight is 282 g/mol. The molecule has 0 aromatic heterocycles. The van der Waals surface area contributed by atoms with Gasteiger partial charge in [-0.2, -0.15) is 0 Å². The van der Waals surface area contributed by atoms with E-state index in [4.69, 9.17) is 5.73 Å². The third-order valence-corrected chi connectivity index (χ3v) is 4.40. The molecule has 110 valence electrons. The predicted octanol–water partition coefficient (Wildman–Crippen LogP) is 3.18. The van der Waals surface area contributed by atoms with Gasteiger partial charge in [-0.1, -0.05) is 36.4 Å². The van der Waals surface area contributed by atoms with Crippen LogP contribution in [0.5, 0.6) is 0 Å². The van der Waals surface area contributed by atoms with E-state index >= 15 is 0 Å². The van der Waals surface area contributed by atoms with Crippen LogP contribution in [-0.4, -0.2) is 29.9 Å². The number of hydrogen-bond donors (Lipinski definition) is 1. The van der Waals surface area contributed by atoms with E-state index in [1.54, 1.807) is 0 Å². The van der Waals surface area contributed by atoms with E-state index < -0.39 is 0 Å². The molecular formula is C18H22N2O. The fraction of sp³-hybridized carbons (Fsp3) is 0.389. The molecule has 2 N–H and O–H groups in total. The summed E-state index contributed by atoms with van der Waals surface area (Å²) >= 11 is 0. The molecule has 3 nitrogen and oxygen atoms in total. The van der Waals surface area contributed by atoms with Crippen molar-refractivity contribution < 1.29 is 4.79 Å². The highest BCUT2D eigenvalue weighted by Crippen LogP contribution is 2.26. The standard InChI is InChI=1S/C18H22N2O/c19-12-4-8-15-9-5-13-20(15)18(21)17-11-3-7-14-6-1-2-10-16(14)17/h1-3,6-7,10-11,15H,4-5,8-9,12-13,19H2. The Morgan fingerprint density at radius 1 is 1.19 bits per heavy atom. The quantitative estimate of drug-likeness (QED) is 0.936. The van der Waals surface area contributed by atoms with Gasteiger partial charge in [0.15, 0.2) is 0 Å². The number of fused-ring (bicyclic) bond motifs is 1. The van der Waals surface area contributed by atoms with Gasteiger partial charge in [-0.15, -0.1) is 0 Å². The third kappa shape index (κ3) is 2.79. The van der Waals surface area contributed by atoms with Crippen molar-refractivity contribution in [1.29, 1.82) is 0 Å². The van der Waals surface area contributed by atoms with Crippen LogP contribution in [-0.2, 0) is 0 Å². The second kappa shape index (κ2) is 6.27. The second-order valence-corrected chi connectivity index (χ2v) is 5.75. The van der Waals surface area contributed by atoms with E-state index in [9.17, 15) is 4.79 Å². The Morgan fingerprint density at radius 2 is 2.00 bits per heavy atom. The molecule has 0 bridgehead atoms. The van der Waals surface area contributed by atoms with Gasteiger partial charge in [0.1, 0.15) is 0 Å². The summed E-state index contributed by atoms with van der Waals surface area (Å²) in [4.78, 5) is 15.0. The second-order valence-electron chi connectivity index (χ2n) is 5.75. The Hall–Kier alpha value is -1.87. The molecule has 3 rings (SSSR count). The van der Waals surface area contributed by atoms with Crippen molar-refractivity contribution in [3.05, 3.63) is 48.0 Å². The maximum atomic E-state index is 12.9. The topological polar surface area (TPSA) is 46.3 Å². The molecule has 1 heterocycles. The van der Waals surface area contributed by atoms with Crippen molar-refractivity contribution in [2.45, 2.75) is 31.7 Å². The Balaban J connectivity index is 1.89. The van der Waals surface area contributed by atoms with Gasteiger partial charge in [0, 0.05) is 18.2 Å². The van der Waals surface area contributed by atoms with Gasteiger partial charge in [-0.25, -0.2) is 0 Å². The van der Waals surface area contributed by atoms with Crippen LogP contribution < -0.4 is 5.73 Å². The molecular weight excluding hydrogens is 260 g/mol. The average Bonchev–Trinajstić information content (AvgIpc) is 3.00. The molecule has 3 heteroatoms. The van der Waals surface area contributed by atoms with Gasteiger partial charge in [0.05, 0.1) is 0 Å². The maximum absolute atomic E-state index is 12.9. The Bertz CT molecular complexity index is 633. The fourth-order valence-electron chi connectivity index (χ4n) is 3.32. The van der Waals surface area contributed by atoms with Crippen molar-refractivity contribution in [2.24, 2.45) is 5.73 Å². The monoisotopic (exact) mass is 282 g/mol. The largest absolute Gasteiger partial charge is 0.336 e. The SMILES string of the molecule is NCCCC1CCCN1C(=O)c1cccc2ccccc12. The summed E-state index contributed by atoms with van der Waals surface area (Å²) in [5, 5.41) is 2.18. The normalized spacial score (nSPS) is 18.3. The van der Waals surface area contributed by atoms with Gasteiger partial charge in [0.25, 0.3) is 5.91 Å². The lowest BCUT2D eigenvalue weighted by atomic mass is 10.0. The molecule has 0 saturated carbocycles. The molecule has 1 amide bonds. The van der Waals surface area contributed by atoms with Crippen LogP contribution in [0.1, 0.15) is 36.0 Å². The van der Waals surface area contributed by atoms with E-state index in [2.05, 4.69) is 17.0 Å². The Kier molecular flexibility index (Phi) is 4.20. The van der Waals surface area contributed by atoms with Crippen molar-refractivity contribution in [2.75, 3.05) is 13.1 Å². The smallest absolute Gasteiger partial charge is 0.254 e. The number of amides is 1. The van der Waals surface area contributed by atoms with E-state index in [1.165, 1.54) is 0 Å². The highest BCUT2D eigenvalue weighted by molar-refractivity contribution is 6.07. The molecule has 1 aliphatic heterocycles. The van der Waals surface area contributed by atoms with Crippen LogP contribution in [0.2, 0.25) is 0 Å². The summed E-state index contributed by atoms with van der Waals surface area (Å²) in [5.41, 5.74) is 6.44. The van der Waals surface area contributed by atoms with Crippen molar-refractivity contribution in [3.8, 4) is 0 Å². The maximum Gasteiger partial charge on any atom is 0.254 e. The predicted molar refractivity (Wildman–Crippen MR) is 86.3 cm³/mol. The van der Waals surface area contributed by atoms with Crippen LogP contribution in [0.4, 0.5) is 0 Å². The minimum absolute atomic E-state index is 0.173. The van der Waals surface area contributed by atoms with E-state index in [1.807, 2.05) is 30.3 Å². The highest BCUT2D eigenvalue weighted by atomic mass is 16.2. The molecule has 1 saturated heterocycles. The number of hydrogen-bond acceptors (Lipinski definition) is 2. The van der Waals surface area contributed by atoms with Crippen LogP contribution in [0.25, 0.3) is 10.8 Å². The molecule has 2 aromatic rings. The summed E-state index contributed by atoms with van der Waals surface area (Å²) in [6.07, 6.45) is 4.22. The van der Waals surface area contributed by atoms with Crippen LogP contribution in [0.3, 0.4) is 0 Å². The van der Waals surface area contributed by atoms with Gasteiger partial charge in [0.2, 0.25) is 0 Å². The summed E-state index contributed by atoms with van der Waals surface area (Å²) in [6, 6.07) is 14.4. The zero-order valence-electron chi connectivity index (χ0n) is 12.3. The van der Waals surface area contributed by atoms with Gasteiger partial charge >= 0.3 is 0 Å². The first-order valence-corrected chi connectivity index (χ1v) is 7.80. The van der Waals surface area contributed by atoms with E-state index in [-0.39, 0.29) is 5.91 Å². The first kappa shape index (κ1) is 14.1. The van der Waals surface area contributed by atoms with Crippen molar-refractivity contribution in [1.82, 2.24) is 4.90 Å².